The highest BCUT2D eigenvalue weighted by atomic mass is 19.4. The molecule has 1 aromatic carbocycles. The van der Waals surface area contributed by atoms with Gasteiger partial charge in [-0.1, -0.05) is 18.2 Å². The largest absolute Gasteiger partial charge is 0.417 e. The van der Waals surface area contributed by atoms with Gasteiger partial charge in [-0.25, -0.2) is 0 Å². The zero-order chi connectivity index (χ0) is 12.5. The van der Waals surface area contributed by atoms with E-state index in [0.29, 0.717) is 0 Å². The van der Waals surface area contributed by atoms with Gasteiger partial charge in [-0.2, -0.15) is 13.2 Å². The summed E-state index contributed by atoms with van der Waals surface area (Å²) in [4.78, 5) is 14.4. The molecule has 2 aromatic rings. The number of alkyl halides is 3. The van der Waals surface area contributed by atoms with Gasteiger partial charge >= 0.3 is 6.18 Å². The summed E-state index contributed by atoms with van der Waals surface area (Å²) in [7, 11) is 0. The maximum absolute atomic E-state index is 12.7. The van der Waals surface area contributed by atoms with Crippen molar-refractivity contribution in [2.45, 2.75) is 6.18 Å². The zero-order valence-corrected chi connectivity index (χ0v) is 8.58. The molecule has 1 N–H and O–H groups in total. The van der Waals surface area contributed by atoms with Crippen LogP contribution >= 0.6 is 0 Å². The zero-order valence-electron chi connectivity index (χ0n) is 8.58. The van der Waals surface area contributed by atoms with Gasteiger partial charge < -0.3 is 4.98 Å². The third-order valence-corrected chi connectivity index (χ3v) is 2.32. The third kappa shape index (κ3) is 2.22. The van der Waals surface area contributed by atoms with Gasteiger partial charge in [0.05, 0.1) is 11.3 Å². The summed E-state index contributed by atoms with van der Waals surface area (Å²) in [6, 6.07) is 7.74. The predicted octanol–water partition coefficient (Wildman–Crippen LogP) is 3.26. The molecule has 0 bridgehead atoms. The Bertz CT molecular complexity index is 529. The first-order valence-corrected chi connectivity index (χ1v) is 4.84. The van der Waals surface area contributed by atoms with E-state index in [1.54, 1.807) is 6.07 Å². The molecule has 0 aliphatic heterocycles. The minimum absolute atomic E-state index is 0.140. The molecular formula is C12H8F3NO. The summed E-state index contributed by atoms with van der Waals surface area (Å²) < 4.78 is 38.1. The van der Waals surface area contributed by atoms with E-state index in [1.165, 1.54) is 30.5 Å². The van der Waals surface area contributed by atoms with E-state index in [2.05, 4.69) is 4.98 Å². The number of carbonyl (C=O) groups excluding carboxylic acids is 1. The van der Waals surface area contributed by atoms with Crippen LogP contribution in [0, 0.1) is 0 Å². The van der Waals surface area contributed by atoms with E-state index >= 15 is 0 Å². The van der Waals surface area contributed by atoms with E-state index in [9.17, 15) is 18.0 Å². The molecule has 0 saturated heterocycles. The lowest BCUT2D eigenvalue weighted by atomic mass is 10.0. The molecule has 0 fully saturated rings. The second-order valence-corrected chi connectivity index (χ2v) is 3.46. The molecule has 0 amide bonds. The average Bonchev–Trinajstić information content (AvgIpc) is 2.80. The van der Waals surface area contributed by atoms with Crippen LogP contribution in [0.15, 0.2) is 42.6 Å². The van der Waals surface area contributed by atoms with E-state index in [4.69, 9.17) is 0 Å². The maximum Gasteiger partial charge on any atom is 0.417 e. The van der Waals surface area contributed by atoms with Crippen LogP contribution in [0.1, 0.15) is 21.6 Å². The van der Waals surface area contributed by atoms with E-state index in [0.717, 1.165) is 6.07 Å². The Morgan fingerprint density at radius 2 is 1.76 bits per heavy atom. The lowest BCUT2D eigenvalue weighted by Crippen LogP contribution is -2.13. The van der Waals surface area contributed by atoms with Crippen LogP contribution < -0.4 is 0 Å². The number of hydrogen-bond acceptors (Lipinski definition) is 1. The number of carbonyl (C=O) groups is 1. The Labute approximate surface area is 95.1 Å². The Morgan fingerprint density at radius 1 is 1.06 bits per heavy atom. The lowest BCUT2D eigenvalue weighted by Gasteiger charge is -2.10. The number of nitrogens with one attached hydrogen (secondary N) is 1. The van der Waals surface area contributed by atoms with Crippen molar-refractivity contribution in [3.05, 3.63) is 59.4 Å². The Hall–Kier alpha value is -2.04. The molecule has 88 valence electrons. The first-order valence-electron chi connectivity index (χ1n) is 4.84. The quantitative estimate of drug-likeness (QED) is 0.801. The molecule has 5 heteroatoms. The Balaban J connectivity index is 2.50. The highest BCUT2D eigenvalue weighted by Crippen LogP contribution is 2.32. The van der Waals surface area contributed by atoms with Gasteiger partial charge in [-0.15, -0.1) is 0 Å². The van der Waals surface area contributed by atoms with Crippen molar-refractivity contribution in [3.8, 4) is 0 Å². The number of H-pyrrole nitrogens is 1. The molecule has 1 aromatic heterocycles. The van der Waals surface area contributed by atoms with Crippen LogP contribution in [-0.2, 0) is 6.18 Å². The van der Waals surface area contributed by atoms with Gasteiger partial charge in [0, 0.05) is 11.8 Å². The van der Waals surface area contributed by atoms with E-state index in [1.807, 2.05) is 0 Å². The fraction of sp³-hybridized carbons (Fsp3) is 0.0833. The van der Waals surface area contributed by atoms with Crippen molar-refractivity contribution < 1.29 is 18.0 Å². The number of ketones is 1. The van der Waals surface area contributed by atoms with Crippen LogP contribution in [0.5, 0.6) is 0 Å². The second kappa shape index (κ2) is 4.08. The molecule has 1 heterocycles. The molecule has 17 heavy (non-hydrogen) atoms. The van der Waals surface area contributed by atoms with Crippen LogP contribution in [-0.4, -0.2) is 10.8 Å². The minimum Gasteiger partial charge on any atom is -0.359 e. The highest BCUT2D eigenvalue weighted by molar-refractivity contribution is 6.08. The summed E-state index contributed by atoms with van der Waals surface area (Å²) in [6.45, 7) is 0. The fourth-order valence-electron chi connectivity index (χ4n) is 1.54. The summed E-state index contributed by atoms with van der Waals surface area (Å²) in [6.07, 6.45) is -3.04. The molecule has 0 radical (unpaired) electrons. The molecule has 0 unspecified atom stereocenters. The van der Waals surface area contributed by atoms with Crippen molar-refractivity contribution in [1.29, 1.82) is 0 Å². The molecule has 0 atom stereocenters. The van der Waals surface area contributed by atoms with Gasteiger partial charge in [0.25, 0.3) is 0 Å². The number of rotatable bonds is 2. The van der Waals surface area contributed by atoms with Crippen molar-refractivity contribution in [1.82, 2.24) is 4.98 Å². The maximum atomic E-state index is 12.7. The van der Waals surface area contributed by atoms with Crippen LogP contribution in [0.3, 0.4) is 0 Å². The van der Waals surface area contributed by atoms with Crippen LogP contribution in [0.25, 0.3) is 0 Å². The first-order chi connectivity index (χ1) is 8.00. The Morgan fingerprint density at radius 3 is 2.35 bits per heavy atom. The smallest absolute Gasteiger partial charge is 0.359 e. The molecule has 0 spiro atoms. The van der Waals surface area contributed by atoms with E-state index in [-0.39, 0.29) is 11.3 Å². The monoisotopic (exact) mass is 239 g/mol. The topological polar surface area (TPSA) is 32.9 Å². The van der Waals surface area contributed by atoms with E-state index < -0.39 is 17.5 Å². The van der Waals surface area contributed by atoms with Gasteiger partial charge in [0.2, 0.25) is 5.78 Å². The predicted molar refractivity (Wildman–Crippen MR) is 55.7 cm³/mol. The van der Waals surface area contributed by atoms with Crippen LogP contribution in [0.2, 0.25) is 0 Å². The van der Waals surface area contributed by atoms with Crippen molar-refractivity contribution in [2.24, 2.45) is 0 Å². The molecule has 2 rings (SSSR count). The summed E-state index contributed by atoms with van der Waals surface area (Å²) in [5.74, 6) is -0.664. The van der Waals surface area contributed by atoms with Gasteiger partial charge in [-0.05, 0) is 18.2 Å². The average molecular weight is 239 g/mol. The number of aromatic amines is 1. The minimum atomic E-state index is -4.53. The molecule has 2 nitrogen and oxygen atoms in total. The van der Waals surface area contributed by atoms with Gasteiger partial charge in [0.1, 0.15) is 0 Å². The Kier molecular flexibility index (Phi) is 2.75. The molecule has 0 aliphatic rings. The second-order valence-electron chi connectivity index (χ2n) is 3.46. The SMILES string of the molecule is O=C(c1ccc[nH]1)c1ccccc1C(F)(F)F. The summed E-state index contributed by atoms with van der Waals surface area (Å²) in [5, 5.41) is 0. The number of aromatic nitrogens is 1. The number of hydrogen-bond donors (Lipinski definition) is 1. The fourth-order valence-corrected chi connectivity index (χ4v) is 1.54. The number of halogens is 3. The molecule has 0 aliphatic carbocycles. The third-order valence-electron chi connectivity index (χ3n) is 2.32. The standard InChI is InChI=1S/C12H8F3NO/c13-12(14,15)9-5-2-1-4-8(9)11(17)10-6-3-7-16-10/h1-7,16H. The molecule has 0 saturated carbocycles. The van der Waals surface area contributed by atoms with Crippen molar-refractivity contribution in [3.63, 3.8) is 0 Å². The summed E-state index contributed by atoms with van der Waals surface area (Å²) >= 11 is 0. The summed E-state index contributed by atoms with van der Waals surface area (Å²) in [5.41, 5.74) is -1.12. The normalized spacial score (nSPS) is 11.5. The van der Waals surface area contributed by atoms with Gasteiger partial charge in [0.15, 0.2) is 0 Å². The van der Waals surface area contributed by atoms with Crippen LogP contribution in [0.4, 0.5) is 13.2 Å². The highest BCUT2D eigenvalue weighted by Gasteiger charge is 2.35. The number of benzene rings is 1. The van der Waals surface area contributed by atoms with Gasteiger partial charge in [-0.3, -0.25) is 4.79 Å². The van der Waals surface area contributed by atoms with Crippen molar-refractivity contribution >= 4 is 5.78 Å². The lowest BCUT2D eigenvalue weighted by molar-refractivity contribution is -0.137. The first kappa shape index (κ1) is 11.4. The van der Waals surface area contributed by atoms with Crippen molar-refractivity contribution in [2.75, 3.05) is 0 Å². The molecular weight excluding hydrogens is 231 g/mol.